The van der Waals surface area contributed by atoms with Crippen molar-refractivity contribution >= 4 is 29.2 Å². The summed E-state index contributed by atoms with van der Waals surface area (Å²) in [5.74, 6) is -0.388. The number of hydrogen-bond donors (Lipinski definition) is 1. The molecule has 3 rings (SSSR count). The molecule has 0 aliphatic carbocycles. The van der Waals surface area contributed by atoms with Crippen LogP contribution in [0.25, 0.3) is 11.3 Å². The highest BCUT2D eigenvalue weighted by Gasteiger charge is 2.19. The molecular weight excluding hydrogens is 400 g/mol. The molecule has 2 aromatic carbocycles. The standard InChI is InChI=1S/C24H25ClN2O3/c1-3-30-24(29)21-16-22(18-8-5-4-6-9-18)27(17(21)2)15-7-10-23(28)26-20-13-11-19(25)12-14-20/h4-6,8-9,11-14,16H,3,7,10,15H2,1-2H3,(H,26,28). The SMILES string of the molecule is CCOC(=O)c1cc(-c2ccccc2)n(CCCC(=O)Nc2ccc(Cl)cc2)c1C. The molecule has 0 bridgehead atoms. The van der Waals surface area contributed by atoms with E-state index in [9.17, 15) is 9.59 Å². The maximum absolute atomic E-state index is 12.4. The average Bonchev–Trinajstić information content (AvgIpc) is 3.07. The van der Waals surface area contributed by atoms with Gasteiger partial charge in [0, 0.05) is 35.1 Å². The Bertz CT molecular complexity index is 1010. The number of amides is 1. The second-order valence-electron chi connectivity index (χ2n) is 6.93. The first kappa shape index (κ1) is 21.7. The van der Waals surface area contributed by atoms with E-state index in [2.05, 4.69) is 9.88 Å². The van der Waals surface area contributed by atoms with E-state index in [0.29, 0.717) is 36.6 Å². The van der Waals surface area contributed by atoms with Crippen LogP contribution in [0.3, 0.4) is 0 Å². The summed E-state index contributed by atoms with van der Waals surface area (Å²) >= 11 is 5.88. The number of carbonyl (C=O) groups is 2. The Morgan fingerprint density at radius 1 is 1.07 bits per heavy atom. The van der Waals surface area contributed by atoms with Gasteiger partial charge in [-0.25, -0.2) is 4.79 Å². The second-order valence-corrected chi connectivity index (χ2v) is 7.36. The van der Waals surface area contributed by atoms with Crippen LogP contribution in [0.1, 0.15) is 35.8 Å². The monoisotopic (exact) mass is 424 g/mol. The number of ether oxygens (including phenoxy) is 1. The summed E-state index contributed by atoms with van der Waals surface area (Å²) in [6, 6.07) is 18.8. The predicted octanol–water partition coefficient (Wildman–Crippen LogP) is 5.71. The van der Waals surface area contributed by atoms with Gasteiger partial charge < -0.3 is 14.6 Å². The summed E-state index contributed by atoms with van der Waals surface area (Å²) in [6.07, 6.45) is 1.00. The van der Waals surface area contributed by atoms with E-state index in [1.807, 2.05) is 43.3 Å². The van der Waals surface area contributed by atoms with E-state index in [1.54, 1.807) is 31.2 Å². The lowest BCUT2D eigenvalue weighted by Crippen LogP contribution is -2.13. The van der Waals surface area contributed by atoms with Crippen LogP contribution < -0.4 is 5.32 Å². The van der Waals surface area contributed by atoms with Crippen molar-refractivity contribution in [3.8, 4) is 11.3 Å². The van der Waals surface area contributed by atoms with Gasteiger partial charge in [-0.2, -0.15) is 0 Å². The normalized spacial score (nSPS) is 10.6. The number of carbonyl (C=O) groups excluding carboxylic acids is 2. The Morgan fingerprint density at radius 2 is 1.77 bits per heavy atom. The zero-order valence-electron chi connectivity index (χ0n) is 17.2. The van der Waals surface area contributed by atoms with Crippen LogP contribution in [-0.4, -0.2) is 23.1 Å². The number of benzene rings is 2. The van der Waals surface area contributed by atoms with Gasteiger partial charge in [-0.05, 0) is 56.2 Å². The molecule has 0 saturated carbocycles. The fourth-order valence-electron chi connectivity index (χ4n) is 3.35. The fraction of sp³-hybridized carbons (Fsp3) is 0.250. The number of anilines is 1. The molecule has 0 fully saturated rings. The first-order chi connectivity index (χ1) is 14.5. The highest BCUT2D eigenvalue weighted by Crippen LogP contribution is 2.27. The van der Waals surface area contributed by atoms with Crippen molar-refractivity contribution in [3.05, 3.63) is 76.9 Å². The van der Waals surface area contributed by atoms with Crippen LogP contribution in [-0.2, 0) is 16.1 Å². The molecule has 0 aliphatic rings. The van der Waals surface area contributed by atoms with Crippen LogP contribution in [0, 0.1) is 6.92 Å². The third kappa shape index (κ3) is 5.30. The van der Waals surface area contributed by atoms with Gasteiger partial charge in [0.15, 0.2) is 0 Å². The first-order valence-electron chi connectivity index (χ1n) is 9.97. The number of esters is 1. The molecule has 5 nitrogen and oxygen atoms in total. The molecule has 6 heteroatoms. The van der Waals surface area contributed by atoms with Crippen molar-refractivity contribution in [2.24, 2.45) is 0 Å². The molecule has 1 N–H and O–H groups in total. The van der Waals surface area contributed by atoms with Gasteiger partial charge in [0.05, 0.1) is 12.2 Å². The molecule has 3 aromatic rings. The molecule has 0 spiro atoms. The van der Waals surface area contributed by atoms with Crippen LogP contribution in [0.2, 0.25) is 5.02 Å². The smallest absolute Gasteiger partial charge is 0.339 e. The molecule has 1 aromatic heterocycles. The summed E-state index contributed by atoms with van der Waals surface area (Å²) in [5, 5.41) is 3.50. The molecule has 30 heavy (non-hydrogen) atoms. The van der Waals surface area contributed by atoms with Crippen LogP contribution in [0.5, 0.6) is 0 Å². The number of nitrogens with one attached hydrogen (secondary N) is 1. The Balaban J connectivity index is 1.73. The summed E-state index contributed by atoms with van der Waals surface area (Å²) < 4.78 is 7.29. The summed E-state index contributed by atoms with van der Waals surface area (Å²) in [4.78, 5) is 24.7. The zero-order valence-corrected chi connectivity index (χ0v) is 17.9. The van der Waals surface area contributed by atoms with E-state index >= 15 is 0 Å². The van der Waals surface area contributed by atoms with Gasteiger partial charge in [-0.15, -0.1) is 0 Å². The summed E-state index contributed by atoms with van der Waals surface area (Å²) in [5.41, 5.74) is 4.07. The van der Waals surface area contributed by atoms with Crippen molar-refractivity contribution < 1.29 is 14.3 Å². The van der Waals surface area contributed by atoms with Gasteiger partial charge in [-0.1, -0.05) is 41.9 Å². The quantitative estimate of drug-likeness (QED) is 0.471. The lowest BCUT2D eigenvalue weighted by molar-refractivity contribution is -0.116. The zero-order chi connectivity index (χ0) is 21.5. The van der Waals surface area contributed by atoms with Crippen LogP contribution in [0.4, 0.5) is 5.69 Å². The fourth-order valence-corrected chi connectivity index (χ4v) is 3.48. The summed E-state index contributed by atoms with van der Waals surface area (Å²) in [6.45, 7) is 4.65. The maximum atomic E-state index is 12.4. The lowest BCUT2D eigenvalue weighted by atomic mass is 10.1. The van der Waals surface area contributed by atoms with Crippen molar-refractivity contribution in [2.75, 3.05) is 11.9 Å². The highest BCUT2D eigenvalue weighted by atomic mass is 35.5. The van der Waals surface area contributed by atoms with Gasteiger partial charge in [0.1, 0.15) is 0 Å². The number of halogens is 1. The van der Waals surface area contributed by atoms with E-state index in [0.717, 1.165) is 22.6 Å². The molecule has 1 amide bonds. The number of hydrogen-bond acceptors (Lipinski definition) is 3. The minimum Gasteiger partial charge on any atom is -0.462 e. The van der Waals surface area contributed by atoms with Crippen molar-refractivity contribution in [1.82, 2.24) is 4.57 Å². The Labute approximate surface area is 181 Å². The largest absolute Gasteiger partial charge is 0.462 e. The maximum Gasteiger partial charge on any atom is 0.339 e. The van der Waals surface area contributed by atoms with Crippen molar-refractivity contribution in [3.63, 3.8) is 0 Å². The van der Waals surface area contributed by atoms with E-state index in [4.69, 9.17) is 16.3 Å². The lowest BCUT2D eigenvalue weighted by Gasteiger charge is -2.12. The predicted molar refractivity (Wildman–Crippen MR) is 120 cm³/mol. The van der Waals surface area contributed by atoms with Gasteiger partial charge in [-0.3, -0.25) is 4.79 Å². The molecule has 0 radical (unpaired) electrons. The van der Waals surface area contributed by atoms with Crippen LogP contribution >= 0.6 is 11.6 Å². The summed E-state index contributed by atoms with van der Waals surface area (Å²) in [7, 11) is 0. The first-order valence-corrected chi connectivity index (χ1v) is 10.4. The van der Waals surface area contributed by atoms with Crippen molar-refractivity contribution in [1.29, 1.82) is 0 Å². The third-order valence-corrected chi connectivity index (χ3v) is 5.10. The molecular formula is C24H25ClN2O3. The third-order valence-electron chi connectivity index (χ3n) is 4.84. The van der Waals surface area contributed by atoms with Gasteiger partial charge >= 0.3 is 5.97 Å². The molecule has 1 heterocycles. The Morgan fingerprint density at radius 3 is 2.43 bits per heavy atom. The van der Waals surface area contributed by atoms with Gasteiger partial charge in [0.25, 0.3) is 0 Å². The minimum atomic E-state index is -0.327. The van der Waals surface area contributed by atoms with Crippen LogP contribution in [0.15, 0.2) is 60.7 Å². The molecule has 0 atom stereocenters. The average molecular weight is 425 g/mol. The number of aromatic nitrogens is 1. The molecule has 0 saturated heterocycles. The van der Waals surface area contributed by atoms with Crippen molar-refractivity contribution in [2.45, 2.75) is 33.2 Å². The Hall–Kier alpha value is -3.05. The van der Waals surface area contributed by atoms with E-state index < -0.39 is 0 Å². The number of rotatable bonds is 8. The van der Waals surface area contributed by atoms with E-state index in [-0.39, 0.29) is 11.9 Å². The van der Waals surface area contributed by atoms with Gasteiger partial charge in [0.2, 0.25) is 5.91 Å². The molecule has 0 aliphatic heterocycles. The van der Waals surface area contributed by atoms with E-state index in [1.165, 1.54) is 0 Å². The Kier molecular flexibility index (Phi) is 7.31. The molecule has 156 valence electrons. The molecule has 0 unspecified atom stereocenters. The topological polar surface area (TPSA) is 60.3 Å². The highest BCUT2D eigenvalue weighted by molar-refractivity contribution is 6.30. The minimum absolute atomic E-state index is 0.0611. The second kappa shape index (κ2) is 10.1. The number of nitrogens with zero attached hydrogens (tertiary/aromatic N) is 1.